The summed E-state index contributed by atoms with van der Waals surface area (Å²) >= 11 is 0. The molecule has 5 nitrogen and oxygen atoms in total. The quantitative estimate of drug-likeness (QED) is 0.434. The summed E-state index contributed by atoms with van der Waals surface area (Å²) in [5.74, 6) is 1.26. The summed E-state index contributed by atoms with van der Waals surface area (Å²) in [5.41, 5.74) is 8.54. The third kappa shape index (κ3) is 9.88. The van der Waals surface area contributed by atoms with Crippen molar-refractivity contribution in [3.63, 3.8) is 0 Å². The van der Waals surface area contributed by atoms with Crippen LogP contribution in [-0.4, -0.2) is 36.7 Å². The second-order valence-electron chi connectivity index (χ2n) is 8.48. The van der Waals surface area contributed by atoms with E-state index in [-0.39, 0.29) is 18.7 Å². The maximum absolute atomic E-state index is 12.6. The van der Waals surface area contributed by atoms with Crippen molar-refractivity contribution in [2.24, 2.45) is 11.7 Å². The Hall–Kier alpha value is -2.53. The number of nitrogens with two attached hydrogens (primary N) is 1. The summed E-state index contributed by atoms with van der Waals surface area (Å²) in [5, 5.41) is 0. The molecule has 1 atom stereocenters. The molecular weight excluding hydrogens is 388 g/mol. The van der Waals surface area contributed by atoms with Gasteiger partial charge in [0.1, 0.15) is 12.4 Å². The molecule has 0 saturated heterocycles. The van der Waals surface area contributed by atoms with Gasteiger partial charge in [-0.15, -0.1) is 0 Å². The van der Waals surface area contributed by atoms with Crippen molar-refractivity contribution < 1.29 is 14.3 Å². The minimum absolute atomic E-state index is 0.0246. The van der Waals surface area contributed by atoms with Crippen LogP contribution in [0.1, 0.15) is 51.2 Å². The first-order valence-corrected chi connectivity index (χ1v) is 11.4. The van der Waals surface area contributed by atoms with E-state index >= 15 is 0 Å². The first kappa shape index (κ1) is 24.7. The number of carbonyl (C=O) groups excluding carboxylic acids is 1. The molecule has 2 N–H and O–H groups in total. The largest absolute Gasteiger partial charge is 0.494 e. The molecule has 5 heteroatoms. The van der Waals surface area contributed by atoms with Crippen LogP contribution < -0.4 is 10.5 Å². The highest BCUT2D eigenvalue weighted by Gasteiger charge is 2.18. The Kier molecular flexibility index (Phi) is 10.9. The summed E-state index contributed by atoms with van der Waals surface area (Å²) in [4.78, 5) is 14.4. The molecule has 170 valence electrons. The molecule has 2 rings (SSSR count). The molecule has 31 heavy (non-hydrogen) atoms. The van der Waals surface area contributed by atoms with Crippen LogP contribution in [0, 0.1) is 5.92 Å². The average Bonchev–Trinajstić information content (AvgIpc) is 2.77. The molecule has 0 heterocycles. The summed E-state index contributed by atoms with van der Waals surface area (Å²) in [7, 11) is 0. The first-order valence-electron chi connectivity index (χ1n) is 11.4. The Morgan fingerprint density at radius 1 is 1.03 bits per heavy atom. The van der Waals surface area contributed by atoms with Crippen molar-refractivity contribution in [2.75, 3.05) is 19.7 Å². The maximum atomic E-state index is 12.6. The molecule has 0 aliphatic carbocycles. The van der Waals surface area contributed by atoms with Crippen LogP contribution in [-0.2, 0) is 17.8 Å². The van der Waals surface area contributed by atoms with Gasteiger partial charge in [0.05, 0.1) is 6.61 Å². The number of rotatable bonds is 13. The predicted molar refractivity (Wildman–Crippen MR) is 126 cm³/mol. The van der Waals surface area contributed by atoms with E-state index in [2.05, 4.69) is 32.9 Å². The Labute approximate surface area is 187 Å². The molecule has 1 amide bonds. The van der Waals surface area contributed by atoms with Gasteiger partial charge in [-0.05, 0) is 48.4 Å². The molecule has 0 fully saturated rings. The van der Waals surface area contributed by atoms with Gasteiger partial charge in [-0.2, -0.15) is 0 Å². The van der Waals surface area contributed by atoms with Crippen LogP contribution in [0.2, 0.25) is 0 Å². The molecule has 0 spiro atoms. The summed E-state index contributed by atoms with van der Waals surface area (Å²) < 4.78 is 11.2. The van der Waals surface area contributed by atoms with Crippen LogP contribution in [0.4, 0.5) is 4.79 Å². The lowest BCUT2D eigenvalue weighted by Gasteiger charge is -2.25. The third-order valence-electron chi connectivity index (χ3n) is 5.01. The number of carbonyl (C=O) groups is 1. The van der Waals surface area contributed by atoms with Crippen molar-refractivity contribution in [1.82, 2.24) is 4.90 Å². The fourth-order valence-corrected chi connectivity index (χ4v) is 3.29. The number of hydrogen-bond acceptors (Lipinski definition) is 4. The number of benzene rings is 2. The van der Waals surface area contributed by atoms with Gasteiger partial charge in [0.25, 0.3) is 0 Å². The lowest BCUT2D eigenvalue weighted by Crippen LogP contribution is -2.38. The number of hydrogen-bond donors (Lipinski definition) is 1. The van der Waals surface area contributed by atoms with E-state index in [4.69, 9.17) is 15.2 Å². The van der Waals surface area contributed by atoms with Gasteiger partial charge in [-0.3, -0.25) is 0 Å². The van der Waals surface area contributed by atoms with Gasteiger partial charge in [-0.25, -0.2) is 4.79 Å². The molecule has 2 aromatic carbocycles. The van der Waals surface area contributed by atoms with E-state index < -0.39 is 0 Å². The van der Waals surface area contributed by atoms with Gasteiger partial charge >= 0.3 is 6.09 Å². The van der Waals surface area contributed by atoms with Gasteiger partial charge in [0.2, 0.25) is 0 Å². The molecule has 0 aliphatic rings. The summed E-state index contributed by atoms with van der Waals surface area (Å²) in [6, 6.07) is 17.9. The Balaban J connectivity index is 1.81. The van der Waals surface area contributed by atoms with Crippen molar-refractivity contribution in [1.29, 1.82) is 0 Å². The molecular formula is C26H38N2O3. The van der Waals surface area contributed by atoms with Gasteiger partial charge < -0.3 is 20.1 Å². The maximum Gasteiger partial charge on any atom is 0.410 e. The van der Waals surface area contributed by atoms with E-state index in [1.54, 1.807) is 4.90 Å². The smallest absolute Gasteiger partial charge is 0.410 e. The minimum atomic E-state index is -0.279. The van der Waals surface area contributed by atoms with E-state index in [9.17, 15) is 4.79 Å². The van der Waals surface area contributed by atoms with Crippen LogP contribution in [0.15, 0.2) is 54.6 Å². The average molecular weight is 427 g/mol. The van der Waals surface area contributed by atoms with Crippen LogP contribution in [0.5, 0.6) is 5.75 Å². The molecule has 0 aromatic heterocycles. The Morgan fingerprint density at radius 2 is 1.74 bits per heavy atom. The molecule has 0 aliphatic heterocycles. The number of unbranched alkanes of at least 4 members (excludes halogenated alkanes) is 1. The van der Waals surface area contributed by atoms with E-state index in [1.165, 1.54) is 5.56 Å². The zero-order valence-electron chi connectivity index (χ0n) is 19.3. The summed E-state index contributed by atoms with van der Waals surface area (Å²) in [6.07, 6.45) is 3.40. The monoisotopic (exact) mass is 426 g/mol. The fourth-order valence-electron chi connectivity index (χ4n) is 3.29. The topological polar surface area (TPSA) is 64.8 Å². The zero-order chi connectivity index (χ0) is 22.5. The normalized spacial score (nSPS) is 11.9. The number of amides is 1. The minimum Gasteiger partial charge on any atom is -0.494 e. The van der Waals surface area contributed by atoms with Gasteiger partial charge in [-0.1, -0.05) is 69.7 Å². The lowest BCUT2D eigenvalue weighted by atomic mass is 10.0. The highest BCUT2D eigenvalue weighted by atomic mass is 16.6. The van der Waals surface area contributed by atoms with E-state index in [0.29, 0.717) is 19.0 Å². The predicted octanol–water partition coefficient (Wildman–Crippen LogP) is 5.42. The van der Waals surface area contributed by atoms with Gasteiger partial charge in [0, 0.05) is 19.1 Å². The third-order valence-corrected chi connectivity index (χ3v) is 5.01. The van der Waals surface area contributed by atoms with E-state index in [0.717, 1.165) is 43.6 Å². The fraction of sp³-hybridized carbons (Fsp3) is 0.500. The Morgan fingerprint density at radius 3 is 2.39 bits per heavy atom. The highest BCUT2D eigenvalue weighted by molar-refractivity contribution is 5.67. The van der Waals surface area contributed by atoms with Gasteiger partial charge in [0.15, 0.2) is 0 Å². The van der Waals surface area contributed by atoms with Crippen LogP contribution in [0.3, 0.4) is 0 Å². The van der Waals surface area contributed by atoms with Crippen molar-refractivity contribution >= 4 is 6.09 Å². The highest BCUT2D eigenvalue weighted by Crippen LogP contribution is 2.15. The molecule has 0 saturated carbocycles. The summed E-state index contributed by atoms with van der Waals surface area (Å²) in [6.45, 7) is 8.63. The second-order valence-corrected chi connectivity index (χ2v) is 8.48. The Bertz CT molecular complexity index is 747. The van der Waals surface area contributed by atoms with Crippen LogP contribution >= 0.6 is 0 Å². The number of ether oxygens (including phenoxy) is 2. The lowest BCUT2D eigenvalue weighted by molar-refractivity contribution is 0.0908. The molecule has 0 radical (unpaired) electrons. The SMILES string of the molecule is CCCCOc1ccc(C[C@H](N)CCN(CC(C)C)C(=O)OCc2ccccc2)cc1. The molecule has 0 unspecified atom stereocenters. The second kappa shape index (κ2) is 13.7. The van der Waals surface area contributed by atoms with Crippen molar-refractivity contribution in [3.05, 3.63) is 65.7 Å². The zero-order valence-corrected chi connectivity index (χ0v) is 19.3. The van der Waals surface area contributed by atoms with Crippen LogP contribution in [0.25, 0.3) is 0 Å². The standard InChI is InChI=1S/C26H38N2O3/c1-4-5-17-30-25-13-11-22(12-14-25)18-24(27)15-16-28(19-21(2)3)26(29)31-20-23-9-7-6-8-10-23/h6-14,21,24H,4-5,15-20,27H2,1-3H3/t24-/m1/s1. The molecule has 0 bridgehead atoms. The van der Waals surface area contributed by atoms with Crippen molar-refractivity contribution in [2.45, 2.75) is 59.1 Å². The number of nitrogens with zero attached hydrogens (tertiary/aromatic N) is 1. The van der Waals surface area contributed by atoms with Crippen molar-refractivity contribution in [3.8, 4) is 5.75 Å². The molecule has 2 aromatic rings. The first-order chi connectivity index (χ1) is 15.0. The van der Waals surface area contributed by atoms with E-state index in [1.807, 2.05) is 42.5 Å².